The number of rotatable bonds is 3. The Balaban J connectivity index is 2.64. The van der Waals surface area contributed by atoms with Crippen molar-refractivity contribution in [1.82, 2.24) is 0 Å². The summed E-state index contributed by atoms with van der Waals surface area (Å²) in [6.45, 7) is 5.58. The molecule has 1 fully saturated rings. The number of nitrogens with two attached hydrogens (primary N) is 1. The summed E-state index contributed by atoms with van der Waals surface area (Å²) in [4.78, 5) is 0. The second-order valence-corrected chi connectivity index (χ2v) is 3.99. The zero-order valence-corrected chi connectivity index (χ0v) is 7.92. The molecule has 1 saturated heterocycles. The molecule has 12 heavy (non-hydrogen) atoms. The third-order valence-electron chi connectivity index (χ3n) is 3.10. The molecule has 1 rings (SSSR count). The van der Waals surface area contributed by atoms with E-state index in [1.54, 1.807) is 0 Å². The highest BCUT2D eigenvalue weighted by Crippen LogP contribution is 2.36. The van der Waals surface area contributed by atoms with Gasteiger partial charge in [0.15, 0.2) is 0 Å². The fourth-order valence-corrected chi connectivity index (χ4v) is 1.98. The smallest absolute Gasteiger partial charge is 0.0582 e. The normalized spacial score (nSPS) is 35.0. The van der Waals surface area contributed by atoms with Gasteiger partial charge < -0.3 is 15.6 Å². The van der Waals surface area contributed by atoms with Crippen molar-refractivity contribution < 1.29 is 9.84 Å². The topological polar surface area (TPSA) is 55.5 Å². The van der Waals surface area contributed by atoms with Crippen LogP contribution in [0.15, 0.2) is 0 Å². The van der Waals surface area contributed by atoms with Crippen LogP contribution in [0.2, 0.25) is 0 Å². The largest absolute Gasteiger partial charge is 0.396 e. The third-order valence-corrected chi connectivity index (χ3v) is 3.10. The number of hydrogen-bond acceptors (Lipinski definition) is 3. The zero-order valence-electron chi connectivity index (χ0n) is 7.92. The third kappa shape index (κ3) is 1.63. The van der Waals surface area contributed by atoms with Gasteiger partial charge in [0, 0.05) is 18.6 Å². The van der Waals surface area contributed by atoms with E-state index in [1.807, 2.05) is 6.92 Å². The molecule has 1 aliphatic heterocycles. The summed E-state index contributed by atoms with van der Waals surface area (Å²) >= 11 is 0. The first-order valence-electron chi connectivity index (χ1n) is 4.56. The first-order valence-corrected chi connectivity index (χ1v) is 4.56. The quantitative estimate of drug-likeness (QED) is 0.648. The molecule has 0 aromatic rings. The fourth-order valence-electron chi connectivity index (χ4n) is 1.98. The predicted octanol–water partition coefficient (Wildman–Crippen LogP) is 0.369. The minimum absolute atomic E-state index is 0.155. The predicted molar refractivity (Wildman–Crippen MR) is 47.8 cm³/mol. The standard InChI is InChI=1S/C9H19NO2/c1-7-8(3-4-12-7)9(2,5-10)6-11/h7-8,11H,3-6,10H2,1-2H3. The minimum Gasteiger partial charge on any atom is -0.396 e. The van der Waals surface area contributed by atoms with Gasteiger partial charge in [-0.3, -0.25) is 0 Å². The molecule has 1 aliphatic rings. The molecule has 0 amide bonds. The molecule has 3 heteroatoms. The highest BCUT2D eigenvalue weighted by atomic mass is 16.5. The van der Waals surface area contributed by atoms with E-state index in [2.05, 4.69) is 6.92 Å². The van der Waals surface area contributed by atoms with Crippen molar-refractivity contribution in [3.8, 4) is 0 Å². The summed E-state index contributed by atoms with van der Waals surface area (Å²) < 4.78 is 5.45. The summed E-state index contributed by atoms with van der Waals surface area (Å²) in [5.74, 6) is 0.410. The molecule has 0 radical (unpaired) electrons. The molecular formula is C9H19NO2. The van der Waals surface area contributed by atoms with Crippen molar-refractivity contribution in [2.24, 2.45) is 17.1 Å². The van der Waals surface area contributed by atoms with E-state index in [9.17, 15) is 5.11 Å². The van der Waals surface area contributed by atoms with E-state index in [0.717, 1.165) is 13.0 Å². The molecule has 0 aromatic carbocycles. The lowest BCUT2D eigenvalue weighted by Gasteiger charge is -2.34. The molecule has 0 saturated carbocycles. The van der Waals surface area contributed by atoms with Crippen LogP contribution < -0.4 is 5.73 Å². The monoisotopic (exact) mass is 173 g/mol. The van der Waals surface area contributed by atoms with E-state index in [4.69, 9.17) is 10.5 Å². The number of ether oxygens (including phenoxy) is 1. The Hall–Kier alpha value is -0.120. The number of aliphatic hydroxyl groups excluding tert-OH is 1. The first kappa shape index (κ1) is 9.96. The van der Waals surface area contributed by atoms with Crippen molar-refractivity contribution in [2.75, 3.05) is 19.8 Å². The van der Waals surface area contributed by atoms with Gasteiger partial charge in [-0.2, -0.15) is 0 Å². The molecular weight excluding hydrogens is 154 g/mol. The Morgan fingerprint density at radius 1 is 1.67 bits per heavy atom. The maximum atomic E-state index is 9.23. The van der Waals surface area contributed by atoms with Crippen LogP contribution >= 0.6 is 0 Å². The van der Waals surface area contributed by atoms with Crippen LogP contribution in [0, 0.1) is 11.3 Å². The molecule has 0 bridgehead atoms. The Labute approximate surface area is 73.9 Å². The summed E-state index contributed by atoms with van der Waals surface area (Å²) in [5, 5.41) is 9.23. The molecule has 3 nitrogen and oxygen atoms in total. The second kappa shape index (κ2) is 3.73. The fraction of sp³-hybridized carbons (Fsp3) is 1.00. The van der Waals surface area contributed by atoms with Gasteiger partial charge in [0.1, 0.15) is 0 Å². The van der Waals surface area contributed by atoms with Gasteiger partial charge in [-0.15, -0.1) is 0 Å². The SMILES string of the molecule is CC1OCCC1C(C)(CN)CO. The highest BCUT2D eigenvalue weighted by molar-refractivity contribution is 4.89. The van der Waals surface area contributed by atoms with Crippen LogP contribution in [0.4, 0.5) is 0 Å². The minimum atomic E-state index is -0.157. The van der Waals surface area contributed by atoms with Gasteiger partial charge in [0.05, 0.1) is 12.7 Å². The van der Waals surface area contributed by atoms with Gasteiger partial charge in [-0.05, 0) is 19.3 Å². The van der Waals surface area contributed by atoms with Crippen LogP contribution in [-0.4, -0.2) is 31.0 Å². The molecule has 0 spiro atoms. The van der Waals surface area contributed by atoms with Crippen LogP contribution in [0.5, 0.6) is 0 Å². The maximum Gasteiger partial charge on any atom is 0.0582 e. The van der Waals surface area contributed by atoms with Crippen molar-refractivity contribution in [3.05, 3.63) is 0 Å². The summed E-state index contributed by atoms with van der Waals surface area (Å²) in [6.07, 6.45) is 1.26. The lowest BCUT2D eigenvalue weighted by molar-refractivity contribution is 0.0296. The van der Waals surface area contributed by atoms with E-state index in [-0.39, 0.29) is 18.1 Å². The van der Waals surface area contributed by atoms with Gasteiger partial charge in [-0.1, -0.05) is 6.92 Å². The van der Waals surface area contributed by atoms with Crippen molar-refractivity contribution in [2.45, 2.75) is 26.4 Å². The maximum absolute atomic E-state index is 9.23. The Morgan fingerprint density at radius 2 is 2.33 bits per heavy atom. The van der Waals surface area contributed by atoms with Gasteiger partial charge in [-0.25, -0.2) is 0 Å². The Kier molecular flexibility index (Phi) is 3.09. The summed E-state index contributed by atoms with van der Waals surface area (Å²) in [7, 11) is 0. The molecule has 3 atom stereocenters. The van der Waals surface area contributed by atoms with Crippen molar-refractivity contribution >= 4 is 0 Å². The van der Waals surface area contributed by atoms with Crippen molar-refractivity contribution in [1.29, 1.82) is 0 Å². The average molecular weight is 173 g/mol. The van der Waals surface area contributed by atoms with E-state index < -0.39 is 0 Å². The van der Waals surface area contributed by atoms with Crippen LogP contribution in [0.3, 0.4) is 0 Å². The summed E-state index contributed by atoms with van der Waals surface area (Å²) in [6, 6.07) is 0. The van der Waals surface area contributed by atoms with E-state index in [0.29, 0.717) is 12.5 Å². The second-order valence-electron chi connectivity index (χ2n) is 3.99. The van der Waals surface area contributed by atoms with Gasteiger partial charge >= 0.3 is 0 Å². The molecule has 3 unspecified atom stereocenters. The van der Waals surface area contributed by atoms with E-state index >= 15 is 0 Å². The zero-order chi connectivity index (χ0) is 9.19. The number of hydrogen-bond donors (Lipinski definition) is 2. The Bertz CT molecular complexity index is 145. The first-order chi connectivity index (χ1) is 5.64. The lowest BCUT2D eigenvalue weighted by Crippen LogP contribution is -2.41. The average Bonchev–Trinajstić information content (AvgIpc) is 2.51. The molecule has 1 heterocycles. The van der Waals surface area contributed by atoms with Crippen molar-refractivity contribution in [3.63, 3.8) is 0 Å². The van der Waals surface area contributed by atoms with Crippen LogP contribution in [-0.2, 0) is 4.74 Å². The van der Waals surface area contributed by atoms with E-state index in [1.165, 1.54) is 0 Å². The van der Waals surface area contributed by atoms with Gasteiger partial charge in [0.2, 0.25) is 0 Å². The van der Waals surface area contributed by atoms with Crippen LogP contribution in [0.1, 0.15) is 20.3 Å². The highest BCUT2D eigenvalue weighted by Gasteiger charge is 2.39. The lowest BCUT2D eigenvalue weighted by atomic mass is 9.74. The Morgan fingerprint density at radius 3 is 2.67 bits per heavy atom. The summed E-state index contributed by atoms with van der Waals surface area (Å²) in [5.41, 5.74) is 5.49. The molecule has 3 N–H and O–H groups in total. The molecule has 0 aliphatic carbocycles. The molecule has 0 aromatic heterocycles. The van der Waals surface area contributed by atoms with Gasteiger partial charge in [0.25, 0.3) is 0 Å². The van der Waals surface area contributed by atoms with Crippen LogP contribution in [0.25, 0.3) is 0 Å². The molecule has 72 valence electrons. The number of aliphatic hydroxyl groups is 1.